The average molecular weight is 274 g/mol. The maximum atomic E-state index is 6.20. The zero-order chi connectivity index (χ0) is 10.3. The summed E-state index contributed by atoms with van der Waals surface area (Å²) in [6.45, 7) is 4.61. The van der Waals surface area contributed by atoms with Crippen LogP contribution in [0.25, 0.3) is 0 Å². The van der Waals surface area contributed by atoms with Gasteiger partial charge in [-0.2, -0.15) is 0 Å². The molecule has 1 nitrogen and oxygen atoms in total. The van der Waals surface area contributed by atoms with Crippen LogP contribution in [0.2, 0.25) is 0 Å². The molecule has 1 aliphatic carbocycles. The summed E-state index contributed by atoms with van der Waals surface area (Å²) in [4.78, 5) is 1.39. The third kappa shape index (κ3) is 2.05. The van der Waals surface area contributed by atoms with Gasteiger partial charge >= 0.3 is 0 Å². The lowest BCUT2D eigenvalue weighted by Gasteiger charge is -2.12. The highest BCUT2D eigenvalue weighted by Crippen LogP contribution is 2.53. The maximum absolute atomic E-state index is 6.20. The van der Waals surface area contributed by atoms with Crippen LogP contribution in [0, 0.1) is 11.3 Å². The first-order chi connectivity index (χ1) is 6.50. The molecule has 2 rings (SSSR count). The van der Waals surface area contributed by atoms with E-state index in [2.05, 4.69) is 41.2 Å². The lowest BCUT2D eigenvalue weighted by Crippen LogP contribution is -2.27. The summed E-state index contributed by atoms with van der Waals surface area (Å²) in [5.41, 5.74) is 6.69. The fraction of sp³-hybridized carbons (Fsp3) is 0.636. The highest BCUT2D eigenvalue weighted by molar-refractivity contribution is 9.10. The van der Waals surface area contributed by atoms with Crippen LogP contribution in [0.5, 0.6) is 0 Å². The van der Waals surface area contributed by atoms with E-state index in [1.807, 2.05) is 0 Å². The van der Waals surface area contributed by atoms with E-state index in [9.17, 15) is 0 Å². The first-order valence-electron chi connectivity index (χ1n) is 4.98. The summed E-state index contributed by atoms with van der Waals surface area (Å²) in [6, 6.07) is 2.44. The van der Waals surface area contributed by atoms with Crippen LogP contribution in [0.4, 0.5) is 0 Å². The van der Waals surface area contributed by atoms with Crippen molar-refractivity contribution in [3.63, 3.8) is 0 Å². The second-order valence-electron chi connectivity index (χ2n) is 4.86. The van der Waals surface area contributed by atoms with Crippen LogP contribution >= 0.6 is 27.3 Å². The third-order valence-corrected chi connectivity index (χ3v) is 5.17. The number of hydrogen-bond donors (Lipinski definition) is 1. The highest BCUT2D eigenvalue weighted by Gasteiger charge is 2.48. The second kappa shape index (κ2) is 3.62. The van der Waals surface area contributed by atoms with E-state index >= 15 is 0 Å². The van der Waals surface area contributed by atoms with Crippen molar-refractivity contribution in [3.8, 4) is 0 Å². The van der Waals surface area contributed by atoms with Crippen molar-refractivity contribution in [2.24, 2.45) is 17.1 Å². The number of rotatable bonds is 3. The van der Waals surface area contributed by atoms with Crippen LogP contribution < -0.4 is 5.73 Å². The van der Waals surface area contributed by atoms with E-state index in [0.717, 1.165) is 12.3 Å². The molecule has 0 aromatic carbocycles. The molecule has 3 heteroatoms. The summed E-state index contributed by atoms with van der Waals surface area (Å²) in [7, 11) is 0. The van der Waals surface area contributed by atoms with E-state index in [4.69, 9.17) is 5.73 Å². The minimum Gasteiger partial charge on any atom is -0.327 e. The lowest BCUT2D eigenvalue weighted by molar-refractivity contribution is 0.478. The van der Waals surface area contributed by atoms with Gasteiger partial charge in [-0.3, -0.25) is 0 Å². The molecule has 78 valence electrons. The summed E-state index contributed by atoms with van der Waals surface area (Å²) in [5.74, 6) is 0.719. The summed E-state index contributed by atoms with van der Waals surface area (Å²) >= 11 is 5.34. The van der Waals surface area contributed by atoms with Gasteiger partial charge in [0.2, 0.25) is 0 Å². The topological polar surface area (TPSA) is 26.0 Å². The number of thiophene rings is 1. The Morgan fingerprint density at radius 2 is 2.36 bits per heavy atom. The zero-order valence-electron chi connectivity index (χ0n) is 8.59. The van der Waals surface area contributed by atoms with E-state index in [1.165, 1.54) is 15.8 Å². The van der Waals surface area contributed by atoms with Crippen molar-refractivity contribution in [3.05, 3.63) is 20.8 Å². The minimum atomic E-state index is 0.333. The van der Waals surface area contributed by atoms with E-state index in [1.54, 1.807) is 11.3 Å². The van der Waals surface area contributed by atoms with E-state index in [-0.39, 0.29) is 0 Å². The molecule has 1 heterocycles. The molecule has 1 aromatic heterocycles. The Morgan fingerprint density at radius 3 is 2.79 bits per heavy atom. The molecule has 1 aromatic rings. The van der Waals surface area contributed by atoms with Crippen molar-refractivity contribution in [1.29, 1.82) is 0 Å². The molecular formula is C11H16BrNS. The van der Waals surface area contributed by atoms with Gasteiger partial charge in [0.1, 0.15) is 0 Å². The first-order valence-corrected chi connectivity index (χ1v) is 6.65. The molecule has 1 saturated carbocycles. The molecule has 2 atom stereocenters. The van der Waals surface area contributed by atoms with Crippen LogP contribution in [0.1, 0.15) is 25.1 Å². The van der Waals surface area contributed by atoms with Gasteiger partial charge < -0.3 is 5.73 Å². The minimum absolute atomic E-state index is 0.333. The van der Waals surface area contributed by atoms with E-state index in [0.29, 0.717) is 11.5 Å². The molecule has 1 aliphatic rings. The van der Waals surface area contributed by atoms with Gasteiger partial charge in [-0.25, -0.2) is 0 Å². The molecule has 0 aliphatic heterocycles. The fourth-order valence-electron chi connectivity index (χ4n) is 2.07. The van der Waals surface area contributed by atoms with Crippen LogP contribution in [-0.4, -0.2) is 6.04 Å². The Morgan fingerprint density at radius 1 is 1.71 bits per heavy atom. The Bertz CT molecular complexity index is 332. The van der Waals surface area contributed by atoms with Crippen LogP contribution in [-0.2, 0) is 6.42 Å². The Hall–Kier alpha value is 0.140. The summed E-state index contributed by atoms with van der Waals surface area (Å²) < 4.78 is 1.22. The molecular weight excluding hydrogens is 258 g/mol. The monoisotopic (exact) mass is 273 g/mol. The van der Waals surface area contributed by atoms with Gasteiger partial charge in [-0.15, -0.1) is 11.3 Å². The summed E-state index contributed by atoms with van der Waals surface area (Å²) in [5, 5.41) is 2.12. The molecule has 14 heavy (non-hydrogen) atoms. The lowest BCUT2D eigenvalue weighted by atomic mass is 10.0. The molecule has 2 N–H and O–H groups in total. The van der Waals surface area contributed by atoms with Gasteiger partial charge in [0.15, 0.2) is 0 Å². The smallest absolute Gasteiger partial charge is 0.0314 e. The molecule has 0 saturated heterocycles. The van der Waals surface area contributed by atoms with Gasteiger partial charge in [0.05, 0.1) is 0 Å². The van der Waals surface area contributed by atoms with Gasteiger partial charge in [0, 0.05) is 15.4 Å². The largest absolute Gasteiger partial charge is 0.327 e. The van der Waals surface area contributed by atoms with Crippen molar-refractivity contribution in [2.75, 3.05) is 0 Å². The van der Waals surface area contributed by atoms with Crippen molar-refractivity contribution in [1.82, 2.24) is 0 Å². The Labute approximate surface area is 97.8 Å². The molecule has 2 unspecified atom stereocenters. The highest BCUT2D eigenvalue weighted by atomic mass is 79.9. The van der Waals surface area contributed by atoms with Crippen molar-refractivity contribution in [2.45, 2.75) is 32.7 Å². The summed E-state index contributed by atoms with van der Waals surface area (Å²) in [6.07, 6.45) is 2.31. The normalized spacial score (nSPS) is 26.1. The number of hydrogen-bond acceptors (Lipinski definition) is 2. The second-order valence-corrected chi connectivity index (χ2v) is 6.71. The van der Waals surface area contributed by atoms with Gasteiger partial charge in [0.25, 0.3) is 0 Å². The van der Waals surface area contributed by atoms with Gasteiger partial charge in [-0.05, 0) is 51.6 Å². The molecule has 0 amide bonds. The molecule has 0 bridgehead atoms. The average Bonchev–Trinajstić information content (AvgIpc) is 2.54. The fourth-order valence-corrected chi connectivity index (χ4v) is 3.65. The number of halogens is 1. The molecule has 1 fully saturated rings. The Balaban J connectivity index is 1.96. The SMILES string of the molecule is CC1(C)CC1C(N)Cc1sccc1Br. The van der Waals surface area contributed by atoms with Crippen molar-refractivity contribution < 1.29 is 0 Å². The van der Waals surface area contributed by atoms with Crippen LogP contribution in [0.3, 0.4) is 0 Å². The van der Waals surface area contributed by atoms with Crippen molar-refractivity contribution >= 4 is 27.3 Å². The Kier molecular flexibility index (Phi) is 2.75. The van der Waals surface area contributed by atoms with Gasteiger partial charge in [-0.1, -0.05) is 13.8 Å². The zero-order valence-corrected chi connectivity index (χ0v) is 11.0. The maximum Gasteiger partial charge on any atom is 0.0314 e. The molecule has 0 spiro atoms. The van der Waals surface area contributed by atoms with Crippen LogP contribution in [0.15, 0.2) is 15.9 Å². The van der Waals surface area contributed by atoms with E-state index < -0.39 is 0 Å². The first kappa shape index (κ1) is 10.7. The standard InChI is InChI=1S/C11H16BrNS/c1-11(2)6-7(11)9(13)5-10-8(12)3-4-14-10/h3-4,7,9H,5-6,13H2,1-2H3. The quantitative estimate of drug-likeness (QED) is 0.898. The number of nitrogens with two attached hydrogens (primary N) is 1. The predicted molar refractivity (Wildman–Crippen MR) is 65.6 cm³/mol. The molecule has 0 radical (unpaired) electrons. The predicted octanol–water partition coefficient (Wildman–Crippen LogP) is 3.43. The third-order valence-electron chi connectivity index (χ3n) is 3.22.